The number of nitrogens with zero attached hydrogens (tertiary/aromatic N) is 4. The highest BCUT2D eigenvalue weighted by molar-refractivity contribution is 7.13. The monoisotopic (exact) mass is 348 g/mol. The van der Waals surface area contributed by atoms with Crippen molar-refractivity contribution in [2.24, 2.45) is 0 Å². The first-order chi connectivity index (χ1) is 11.7. The second-order valence-corrected chi connectivity index (χ2v) is 7.69. The van der Waals surface area contributed by atoms with E-state index in [1.165, 1.54) is 0 Å². The molecule has 6 nitrogen and oxygen atoms in total. The Kier molecular flexibility index (Phi) is 4.67. The number of hydrogen-bond donors (Lipinski definition) is 1. The van der Waals surface area contributed by atoms with Gasteiger partial charge in [-0.2, -0.15) is 4.98 Å². The topological polar surface area (TPSA) is 65.6 Å². The van der Waals surface area contributed by atoms with Gasteiger partial charge in [-0.3, -0.25) is 9.80 Å². The molecule has 2 aromatic heterocycles. The average Bonchev–Trinajstić information content (AvgIpc) is 3.35. The van der Waals surface area contributed by atoms with Gasteiger partial charge in [0, 0.05) is 32.2 Å². The SMILES string of the molecule is C[C@H](c1nc(-c2cccs2)no1)N1CCN([C@H]2CCC[C@@H]2O)CC1. The van der Waals surface area contributed by atoms with Crippen molar-refractivity contribution in [3.8, 4) is 10.7 Å². The van der Waals surface area contributed by atoms with E-state index in [-0.39, 0.29) is 12.1 Å². The number of hydrogen-bond acceptors (Lipinski definition) is 7. The van der Waals surface area contributed by atoms with Crippen LogP contribution in [0.1, 0.15) is 38.1 Å². The van der Waals surface area contributed by atoms with Crippen LogP contribution in [0.4, 0.5) is 0 Å². The summed E-state index contributed by atoms with van der Waals surface area (Å²) in [4.78, 5) is 10.5. The van der Waals surface area contributed by atoms with Crippen LogP contribution in [0.25, 0.3) is 10.7 Å². The van der Waals surface area contributed by atoms with Crippen molar-refractivity contribution in [2.75, 3.05) is 26.2 Å². The molecule has 4 rings (SSSR count). The Morgan fingerprint density at radius 1 is 1.29 bits per heavy atom. The molecular formula is C17H24N4O2S. The van der Waals surface area contributed by atoms with Crippen molar-refractivity contribution in [3.63, 3.8) is 0 Å². The Morgan fingerprint density at radius 2 is 2.12 bits per heavy atom. The Morgan fingerprint density at radius 3 is 2.79 bits per heavy atom. The average molecular weight is 348 g/mol. The molecule has 24 heavy (non-hydrogen) atoms. The molecule has 2 aliphatic rings. The normalized spacial score (nSPS) is 27.6. The Labute approximate surface area is 146 Å². The molecule has 0 unspecified atom stereocenters. The highest BCUT2D eigenvalue weighted by Crippen LogP contribution is 2.28. The largest absolute Gasteiger partial charge is 0.391 e. The molecule has 0 aromatic carbocycles. The molecule has 1 aliphatic carbocycles. The van der Waals surface area contributed by atoms with Gasteiger partial charge in [0.25, 0.3) is 0 Å². The molecule has 0 radical (unpaired) electrons. The van der Waals surface area contributed by atoms with Crippen LogP contribution in [0.2, 0.25) is 0 Å². The molecule has 0 spiro atoms. The minimum absolute atomic E-state index is 0.127. The van der Waals surface area contributed by atoms with Crippen molar-refractivity contribution in [1.82, 2.24) is 19.9 Å². The molecule has 130 valence electrons. The van der Waals surface area contributed by atoms with Crippen LogP contribution in [0, 0.1) is 0 Å². The molecule has 7 heteroatoms. The van der Waals surface area contributed by atoms with Gasteiger partial charge >= 0.3 is 0 Å². The third kappa shape index (κ3) is 3.13. The van der Waals surface area contributed by atoms with Crippen molar-refractivity contribution in [2.45, 2.75) is 44.4 Å². The first-order valence-electron chi connectivity index (χ1n) is 8.76. The van der Waals surface area contributed by atoms with E-state index in [2.05, 4.69) is 26.9 Å². The Hall–Kier alpha value is -1.28. The van der Waals surface area contributed by atoms with Gasteiger partial charge in [-0.25, -0.2) is 0 Å². The molecule has 0 bridgehead atoms. The highest BCUT2D eigenvalue weighted by Gasteiger charge is 2.34. The van der Waals surface area contributed by atoms with E-state index in [4.69, 9.17) is 4.52 Å². The number of aliphatic hydroxyl groups is 1. The van der Waals surface area contributed by atoms with Gasteiger partial charge < -0.3 is 9.63 Å². The van der Waals surface area contributed by atoms with Gasteiger partial charge in [0.05, 0.1) is 17.0 Å². The van der Waals surface area contributed by atoms with E-state index in [0.29, 0.717) is 17.8 Å². The van der Waals surface area contributed by atoms with Crippen molar-refractivity contribution in [1.29, 1.82) is 0 Å². The quantitative estimate of drug-likeness (QED) is 0.915. The molecule has 3 heterocycles. The smallest absolute Gasteiger partial charge is 0.244 e. The minimum atomic E-state index is -0.140. The molecule has 1 aliphatic heterocycles. The predicted octanol–water partition coefficient (Wildman–Crippen LogP) is 2.39. The summed E-state index contributed by atoms with van der Waals surface area (Å²) in [6.45, 7) is 6.07. The van der Waals surface area contributed by atoms with E-state index in [1.807, 2.05) is 17.5 Å². The van der Waals surface area contributed by atoms with Gasteiger partial charge in [0.2, 0.25) is 11.7 Å². The zero-order chi connectivity index (χ0) is 16.5. The van der Waals surface area contributed by atoms with Gasteiger partial charge in [-0.05, 0) is 37.6 Å². The van der Waals surface area contributed by atoms with Gasteiger partial charge in [-0.1, -0.05) is 11.2 Å². The lowest BCUT2D eigenvalue weighted by Gasteiger charge is -2.40. The summed E-state index contributed by atoms with van der Waals surface area (Å²) in [5, 5.41) is 16.2. The summed E-state index contributed by atoms with van der Waals surface area (Å²) in [6, 6.07) is 4.49. The summed E-state index contributed by atoms with van der Waals surface area (Å²) in [6.07, 6.45) is 3.09. The van der Waals surface area contributed by atoms with Crippen LogP contribution < -0.4 is 0 Å². The predicted molar refractivity (Wildman–Crippen MR) is 92.8 cm³/mol. The molecule has 1 saturated heterocycles. The zero-order valence-corrected chi connectivity index (χ0v) is 14.8. The Balaban J connectivity index is 1.37. The summed E-state index contributed by atoms with van der Waals surface area (Å²) in [7, 11) is 0. The minimum Gasteiger partial charge on any atom is -0.391 e. The zero-order valence-electron chi connectivity index (χ0n) is 14.0. The van der Waals surface area contributed by atoms with E-state index in [0.717, 1.165) is 50.3 Å². The number of aromatic nitrogens is 2. The number of aliphatic hydroxyl groups excluding tert-OH is 1. The second-order valence-electron chi connectivity index (χ2n) is 6.75. The van der Waals surface area contributed by atoms with E-state index < -0.39 is 0 Å². The molecule has 2 aromatic rings. The number of thiophene rings is 1. The number of piperazine rings is 1. The number of rotatable bonds is 4. The van der Waals surface area contributed by atoms with E-state index in [1.54, 1.807) is 11.3 Å². The second kappa shape index (κ2) is 6.92. The third-order valence-electron chi connectivity index (χ3n) is 5.35. The maximum absolute atomic E-state index is 10.1. The molecule has 3 atom stereocenters. The van der Waals surface area contributed by atoms with E-state index in [9.17, 15) is 5.11 Å². The van der Waals surface area contributed by atoms with Crippen molar-refractivity contribution < 1.29 is 9.63 Å². The fourth-order valence-corrected chi connectivity index (χ4v) is 4.52. The summed E-state index contributed by atoms with van der Waals surface area (Å²) in [5.74, 6) is 1.37. The summed E-state index contributed by atoms with van der Waals surface area (Å²) >= 11 is 1.62. The fraction of sp³-hybridized carbons (Fsp3) is 0.647. The van der Waals surface area contributed by atoms with E-state index >= 15 is 0 Å². The van der Waals surface area contributed by atoms with Crippen LogP contribution in [0.15, 0.2) is 22.0 Å². The van der Waals surface area contributed by atoms with Crippen LogP contribution in [-0.4, -0.2) is 63.4 Å². The molecule has 2 fully saturated rings. The lowest BCUT2D eigenvalue weighted by Crippen LogP contribution is -2.52. The maximum Gasteiger partial charge on any atom is 0.244 e. The lowest BCUT2D eigenvalue weighted by atomic mass is 10.1. The molecular weight excluding hydrogens is 324 g/mol. The van der Waals surface area contributed by atoms with Gasteiger partial charge in [-0.15, -0.1) is 11.3 Å². The van der Waals surface area contributed by atoms with Gasteiger partial charge in [0.15, 0.2) is 0 Å². The third-order valence-corrected chi connectivity index (χ3v) is 6.22. The first kappa shape index (κ1) is 16.2. The van der Waals surface area contributed by atoms with Crippen LogP contribution >= 0.6 is 11.3 Å². The van der Waals surface area contributed by atoms with Crippen LogP contribution in [-0.2, 0) is 0 Å². The Bertz CT molecular complexity index is 651. The summed E-state index contributed by atoms with van der Waals surface area (Å²) < 4.78 is 5.50. The standard InChI is InChI=1S/C17H24N4O2S/c1-12(17-18-16(19-23-17)15-6-3-11-24-15)20-7-9-21(10-8-20)13-4-2-5-14(13)22/h3,6,11-14,22H,2,4-5,7-10H2,1H3/t12-,13+,14+/m1/s1. The first-order valence-corrected chi connectivity index (χ1v) is 9.64. The summed E-state index contributed by atoms with van der Waals surface area (Å²) in [5.41, 5.74) is 0. The molecule has 0 amide bonds. The molecule has 1 N–H and O–H groups in total. The molecule has 1 saturated carbocycles. The van der Waals surface area contributed by atoms with Gasteiger partial charge in [0.1, 0.15) is 0 Å². The highest BCUT2D eigenvalue weighted by atomic mass is 32.1. The van der Waals surface area contributed by atoms with Crippen molar-refractivity contribution in [3.05, 3.63) is 23.4 Å². The fourth-order valence-electron chi connectivity index (χ4n) is 3.87. The maximum atomic E-state index is 10.1. The van der Waals surface area contributed by atoms with Crippen LogP contribution in [0.5, 0.6) is 0 Å². The lowest BCUT2D eigenvalue weighted by molar-refractivity contribution is 0.0213. The van der Waals surface area contributed by atoms with Crippen LogP contribution in [0.3, 0.4) is 0 Å². The van der Waals surface area contributed by atoms with Crippen molar-refractivity contribution >= 4 is 11.3 Å².